The van der Waals surface area contributed by atoms with Crippen LogP contribution < -0.4 is 10.5 Å². The van der Waals surface area contributed by atoms with Crippen LogP contribution in [0, 0.1) is 6.92 Å². The summed E-state index contributed by atoms with van der Waals surface area (Å²) >= 11 is 0. The SMILES string of the molecule is COc1cc(C)ccc1C(CCN)N(C)C. The predicted molar refractivity (Wildman–Crippen MR) is 67.8 cm³/mol. The van der Waals surface area contributed by atoms with E-state index in [1.165, 1.54) is 11.1 Å². The minimum atomic E-state index is 0.320. The second kappa shape index (κ2) is 5.87. The van der Waals surface area contributed by atoms with Crippen LogP contribution >= 0.6 is 0 Å². The first kappa shape index (κ1) is 13.0. The molecule has 0 aromatic heterocycles. The van der Waals surface area contributed by atoms with E-state index in [1.807, 2.05) is 0 Å². The van der Waals surface area contributed by atoms with Crippen LogP contribution in [0.4, 0.5) is 0 Å². The maximum atomic E-state index is 5.66. The van der Waals surface area contributed by atoms with Crippen molar-refractivity contribution < 1.29 is 4.74 Å². The lowest BCUT2D eigenvalue weighted by atomic mass is 10.00. The molecule has 0 aliphatic heterocycles. The van der Waals surface area contributed by atoms with Crippen molar-refractivity contribution in [2.75, 3.05) is 27.7 Å². The monoisotopic (exact) mass is 222 g/mol. The topological polar surface area (TPSA) is 38.5 Å². The van der Waals surface area contributed by atoms with Gasteiger partial charge in [-0.25, -0.2) is 0 Å². The van der Waals surface area contributed by atoms with Crippen molar-refractivity contribution in [2.45, 2.75) is 19.4 Å². The fourth-order valence-electron chi connectivity index (χ4n) is 1.94. The molecule has 0 spiro atoms. The van der Waals surface area contributed by atoms with Crippen LogP contribution in [-0.2, 0) is 0 Å². The zero-order chi connectivity index (χ0) is 12.1. The molecule has 3 heteroatoms. The highest BCUT2D eigenvalue weighted by Crippen LogP contribution is 2.30. The van der Waals surface area contributed by atoms with Gasteiger partial charge in [0.15, 0.2) is 0 Å². The van der Waals surface area contributed by atoms with Crippen molar-refractivity contribution in [1.29, 1.82) is 0 Å². The number of methoxy groups -OCH3 is 1. The third kappa shape index (κ3) is 2.97. The number of nitrogens with two attached hydrogens (primary N) is 1. The Bertz CT molecular complexity index is 337. The van der Waals surface area contributed by atoms with Gasteiger partial charge in [0, 0.05) is 11.6 Å². The van der Waals surface area contributed by atoms with E-state index in [0.717, 1.165) is 12.2 Å². The summed E-state index contributed by atoms with van der Waals surface area (Å²) < 4.78 is 5.44. The van der Waals surface area contributed by atoms with Gasteiger partial charge in [0.25, 0.3) is 0 Å². The summed E-state index contributed by atoms with van der Waals surface area (Å²) in [5.41, 5.74) is 8.08. The van der Waals surface area contributed by atoms with E-state index in [-0.39, 0.29) is 0 Å². The largest absolute Gasteiger partial charge is 0.496 e. The minimum absolute atomic E-state index is 0.320. The molecule has 0 amide bonds. The van der Waals surface area contributed by atoms with Crippen molar-refractivity contribution in [3.8, 4) is 5.75 Å². The van der Waals surface area contributed by atoms with Crippen molar-refractivity contribution in [2.24, 2.45) is 5.73 Å². The lowest BCUT2D eigenvalue weighted by molar-refractivity contribution is 0.277. The molecule has 16 heavy (non-hydrogen) atoms. The van der Waals surface area contributed by atoms with Crippen LogP contribution in [0.15, 0.2) is 18.2 Å². The molecule has 0 aliphatic rings. The number of rotatable bonds is 5. The molecule has 0 fully saturated rings. The molecule has 1 aromatic carbocycles. The molecule has 0 aliphatic carbocycles. The standard InChI is InChI=1S/C13H22N2O/c1-10-5-6-11(13(9-10)16-4)12(7-8-14)15(2)3/h5-6,9,12H,7-8,14H2,1-4H3. The van der Waals surface area contributed by atoms with Gasteiger partial charge in [-0.05, 0) is 45.6 Å². The number of benzene rings is 1. The molecule has 1 atom stereocenters. The van der Waals surface area contributed by atoms with E-state index < -0.39 is 0 Å². The molecule has 0 saturated carbocycles. The summed E-state index contributed by atoms with van der Waals surface area (Å²) in [6.45, 7) is 2.75. The van der Waals surface area contributed by atoms with Gasteiger partial charge in [-0.3, -0.25) is 0 Å². The Hall–Kier alpha value is -1.06. The zero-order valence-electron chi connectivity index (χ0n) is 10.7. The van der Waals surface area contributed by atoms with Gasteiger partial charge in [-0.1, -0.05) is 12.1 Å². The molecule has 2 N–H and O–H groups in total. The molecule has 0 saturated heterocycles. The lowest BCUT2D eigenvalue weighted by Gasteiger charge is -2.26. The first-order valence-corrected chi connectivity index (χ1v) is 5.61. The summed E-state index contributed by atoms with van der Waals surface area (Å²) in [4.78, 5) is 2.18. The Morgan fingerprint density at radius 1 is 1.38 bits per heavy atom. The summed E-state index contributed by atoms with van der Waals surface area (Å²) in [5, 5.41) is 0. The summed E-state index contributed by atoms with van der Waals surface area (Å²) in [6.07, 6.45) is 0.937. The fourth-order valence-corrected chi connectivity index (χ4v) is 1.94. The first-order valence-electron chi connectivity index (χ1n) is 5.61. The fraction of sp³-hybridized carbons (Fsp3) is 0.538. The van der Waals surface area contributed by atoms with E-state index in [1.54, 1.807) is 7.11 Å². The number of aryl methyl sites for hydroxylation is 1. The van der Waals surface area contributed by atoms with Gasteiger partial charge in [0.05, 0.1) is 7.11 Å². The molecule has 1 aromatic rings. The molecule has 1 rings (SSSR count). The molecule has 0 radical (unpaired) electrons. The molecule has 3 nitrogen and oxygen atoms in total. The van der Waals surface area contributed by atoms with Crippen LogP contribution in [0.25, 0.3) is 0 Å². The van der Waals surface area contributed by atoms with Crippen molar-refractivity contribution in [3.63, 3.8) is 0 Å². The van der Waals surface area contributed by atoms with Gasteiger partial charge >= 0.3 is 0 Å². The Morgan fingerprint density at radius 3 is 2.56 bits per heavy atom. The third-order valence-corrected chi connectivity index (χ3v) is 2.81. The average molecular weight is 222 g/mol. The smallest absolute Gasteiger partial charge is 0.123 e. The quantitative estimate of drug-likeness (QED) is 0.827. The van der Waals surface area contributed by atoms with Crippen molar-refractivity contribution in [3.05, 3.63) is 29.3 Å². The molecular formula is C13H22N2O. The second-order valence-electron chi connectivity index (χ2n) is 4.30. The number of hydrogen-bond donors (Lipinski definition) is 1. The van der Waals surface area contributed by atoms with E-state index in [4.69, 9.17) is 10.5 Å². The Kier molecular flexibility index (Phi) is 4.77. The maximum absolute atomic E-state index is 5.66. The van der Waals surface area contributed by atoms with Crippen LogP contribution in [0.3, 0.4) is 0 Å². The number of nitrogens with zero attached hydrogens (tertiary/aromatic N) is 1. The van der Waals surface area contributed by atoms with Gasteiger partial charge in [0.2, 0.25) is 0 Å². The van der Waals surface area contributed by atoms with Crippen LogP contribution in [0.1, 0.15) is 23.6 Å². The van der Waals surface area contributed by atoms with E-state index in [0.29, 0.717) is 12.6 Å². The van der Waals surface area contributed by atoms with Gasteiger partial charge in [-0.2, -0.15) is 0 Å². The van der Waals surface area contributed by atoms with Crippen LogP contribution in [-0.4, -0.2) is 32.6 Å². The number of hydrogen-bond acceptors (Lipinski definition) is 3. The van der Waals surface area contributed by atoms with Crippen LogP contribution in [0.2, 0.25) is 0 Å². The van der Waals surface area contributed by atoms with Gasteiger partial charge in [-0.15, -0.1) is 0 Å². The Balaban J connectivity index is 3.07. The summed E-state index contributed by atoms with van der Waals surface area (Å²) in [7, 11) is 5.85. The average Bonchev–Trinajstić information content (AvgIpc) is 2.26. The Morgan fingerprint density at radius 2 is 2.06 bits per heavy atom. The molecule has 0 heterocycles. The number of ether oxygens (including phenoxy) is 1. The predicted octanol–water partition coefficient (Wildman–Crippen LogP) is 1.96. The van der Waals surface area contributed by atoms with E-state index in [2.05, 4.69) is 44.1 Å². The van der Waals surface area contributed by atoms with E-state index in [9.17, 15) is 0 Å². The highest BCUT2D eigenvalue weighted by Gasteiger charge is 2.17. The van der Waals surface area contributed by atoms with Crippen molar-refractivity contribution >= 4 is 0 Å². The summed E-state index contributed by atoms with van der Waals surface area (Å²) in [6, 6.07) is 6.64. The molecule has 1 unspecified atom stereocenters. The normalized spacial score (nSPS) is 12.9. The minimum Gasteiger partial charge on any atom is -0.496 e. The molecular weight excluding hydrogens is 200 g/mol. The van der Waals surface area contributed by atoms with E-state index >= 15 is 0 Å². The lowest BCUT2D eigenvalue weighted by Crippen LogP contribution is -2.23. The first-order chi connectivity index (χ1) is 7.60. The van der Waals surface area contributed by atoms with Gasteiger partial charge in [0.1, 0.15) is 5.75 Å². The molecule has 0 bridgehead atoms. The highest BCUT2D eigenvalue weighted by atomic mass is 16.5. The maximum Gasteiger partial charge on any atom is 0.123 e. The van der Waals surface area contributed by atoms with Gasteiger partial charge < -0.3 is 15.4 Å². The third-order valence-electron chi connectivity index (χ3n) is 2.81. The van der Waals surface area contributed by atoms with Crippen LogP contribution in [0.5, 0.6) is 5.75 Å². The zero-order valence-corrected chi connectivity index (χ0v) is 10.7. The highest BCUT2D eigenvalue weighted by molar-refractivity contribution is 5.39. The molecule has 90 valence electrons. The van der Waals surface area contributed by atoms with Crippen molar-refractivity contribution in [1.82, 2.24) is 4.90 Å². The second-order valence-corrected chi connectivity index (χ2v) is 4.30. The Labute approximate surface area is 98.2 Å². The summed E-state index contributed by atoms with van der Waals surface area (Å²) in [5.74, 6) is 0.951.